The fraction of sp³-hybridized carbons (Fsp3) is 1.00. The van der Waals surface area contributed by atoms with Crippen LogP contribution in [0.15, 0.2) is 0 Å². The van der Waals surface area contributed by atoms with E-state index in [2.05, 4.69) is 19.3 Å². The molecule has 2 aliphatic carbocycles. The van der Waals surface area contributed by atoms with E-state index in [1.54, 1.807) is 0 Å². The van der Waals surface area contributed by atoms with Gasteiger partial charge < -0.3 is 10.1 Å². The first-order valence-corrected chi connectivity index (χ1v) is 8.51. The Morgan fingerprint density at radius 3 is 2.74 bits per heavy atom. The summed E-state index contributed by atoms with van der Waals surface area (Å²) in [6.07, 6.45) is 11.1. The van der Waals surface area contributed by atoms with Gasteiger partial charge in [0.2, 0.25) is 0 Å². The predicted molar refractivity (Wildman–Crippen MR) is 79.2 cm³/mol. The van der Waals surface area contributed by atoms with Gasteiger partial charge in [0, 0.05) is 6.61 Å². The normalized spacial score (nSPS) is 42.0. The third kappa shape index (κ3) is 2.85. The molecule has 0 amide bonds. The van der Waals surface area contributed by atoms with Crippen LogP contribution in [0.25, 0.3) is 0 Å². The Bertz CT molecular complexity index is 300. The van der Waals surface area contributed by atoms with Crippen molar-refractivity contribution in [2.24, 2.45) is 23.7 Å². The molecule has 0 aromatic heterocycles. The van der Waals surface area contributed by atoms with E-state index in [1.165, 1.54) is 57.9 Å². The lowest BCUT2D eigenvalue weighted by Crippen LogP contribution is -2.48. The maximum atomic E-state index is 6.13. The summed E-state index contributed by atoms with van der Waals surface area (Å²) in [6, 6.07) is 0. The summed E-state index contributed by atoms with van der Waals surface area (Å²) in [5, 5.41) is 3.44. The van der Waals surface area contributed by atoms with Gasteiger partial charge in [0.05, 0.1) is 5.60 Å². The second-order valence-corrected chi connectivity index (χ2v) is 7.54. The molecule has 0 aromatic rings. The minimum absolute atomic E-state index is 0.327. The molecule has 3 rings (SSSR count). The van der Waals surface area contributed by atoms with E-state index in [0.717, 1.165) is 30.3 Å². The van der Waals surface area contributed by atoms with Crippen LogP contribution in [0, 0.1) is 23.7 Å². The molecule has 0 radical (unpaired) electrons. The molecule has 1 spiro atoms. The van der Waals surface area contributed by atoms with Crippen LogP contribution in [0.4, 0.5) is 0 Å². The summed E-state index contributed by atoms with van der Waals surface area (Å²) < 4.78 is 6.13. The Balaban J connectivity index is 1.66. The van der Waals surface area contributed by atoms with Crippen molar-refractivity contribution < 1.29 is 4.74 Å². The molecule has 2 nitrogen and oxygen atoms in total. The Kier molecular flexibility index (Phi) is 4.19. The average molecular weight is 265 g/mol. The zero-order chi connectivity index (χ0) is 13.3. The molecule has 1 aliphatic heterocycles. The quantitative estimate of drug-likeness (QED) is 0.841. The van der Waals surface area contributed by atoms with E-state index in [0.29, 0.717) is 5.60 Å². The maximum absolute atomic E-state index is 6.13. The summed E-state index contributed by atoms with van der Waals surface area (Å²) in [6.45, 7) is 4.71. The molecule has 0 aromatic carbocycles. The van der Waals surface area contributed by atoms with E-state index in [1.807, 2.05) is 0 Å². The third-order valence-electron chi connectivity index (χ3n) is 6.18. The third-order valence-corrected chi connectivity index (χ3v) is 6.18. The van der Waals surface area contributed by atoms with E-state index in [9.17, 15) is 0 Å². The highest BCUT2D eigenvalue weighted by atomic mass is 16.5. The molecular formula is C17H31NO. The SMILES string of the molecule is CNCC1CCC(C)CC1C1CCOC2(CCC2)C1. The average Bonchev–Trinajstić information content (AvgIpc) is 2.39. The molecule has 1 saturated heterocycles. The van der Waals surface area contributed by atoms with Gasteiger partial charge in [-0.1, -0.05) is 13.3 Å². The highest BCUT2D eigenvalue weighted by Gasteiger charge is 2.46. The monoisotopic (exact) mass is 265 g/mol. The fourth-order valence-electron chi connectivity index (χ4n) is 4.93. The van der Waals surface area contributed by atoms with Crippen molar-refractivity contribution in [2.45, 2.75) is 63.9 Å². The summed E-state index contributed by atoms with van der Waals surface area (Å²) in [7, 11) is 2.12. The topological polar surface area (TPSA) is 21.3 Å². The molecule has 4 unspecified atom stereocenters. The Hall–Kier alpha value is -0.0800. The molecule has 2 saturated carbocycles. The molecule has 3 fully saturated rings. The van der Waals surface area contributed by atoms with Gasteiger partial charge >= 0.3 is 0 Å². The van der Waals surface area contributed by atoms with E-state index in [4.69, 9.17) is 4.74 Å². The molecule has 4 atom stereocenters. The van der Waals surface area contributed by atoms with Crippen LogP contribution in [0.1, 0.15) is 58.3 Å². The number of hydrogen-bond donors (Lipinski definition) is 1. The lowest BCUT2D eigenvalue weighted by Gasteiger charge is -2.51. The van der Waals surface area contributed by atoms with Crippen molar-refractivity contribution in [1.29, 1.82) is 0 Å². The summed E-state index contributed by atoms with van der Waals surface area (Å²) in [4.78, 5) is 0. The van der Waals surface area contributed by atoms with Gasteiger partial charge in [0.1, 0.15) is 0 Å². The largest absolute Gasteiger partial charge is 0.375 e. The Morgan fingerprint density at radius 2 is 2.05 bits per heavy atom. The summed E-state index contributed by atoms with van der Waals surface area (Å²) in [5.41, 5.74) is 0.327. The van der Waals surface area contributed by atoms with E-state index < -0.39 is 0 Å². The van der Waals surface area contributed by atoms with Crippen molar-refractivity contribution in [3.05, 3.63) is 0 Å². The highest BCUT2D eigenvalue weighted by Crippen LogP contribution is 2.49. The predicted octanol–water partition coefficient (Wildman–Crippen LogP) is 3.61. The highest BCUT2D eigenvalue weighted by molar-refractivity contribution is 4.97. The zero-order valence-electron chi connectivity index (χ0n) is 12.8. The van der Waals surface area contributed by atoms with Crippen LogP contribution < -0.4 is 5.32 Å². The van der Waals surface area contributed by atoms with E-state index >= 15 is 0 Å². The number of nitrogens with one attached hydrogen (secondary N) is 1. The molecule has 1 N–H and O–H groups in total. The van der Waals surface area contributed by atoms with Crippen LogP contribution >= 0.6 is 0 Å². The van der Waals surface area contributed by atoms with Crippen LogP contribution in [-0.4, -0.2) is 25.8 Å². The molecule has 0 bridgehead atoms. The molecule has 19 heavy (non-hydrogen) atoms. The number of ether oxygens (including phenoxy) is 1. The lowest BCUT2D eigenvalue weighted by atomic mass is 9.62. The fourth-order valence-corrected chi connectivity index (χ4v) is 4.93. The van der Waals surface area contributed by atoms with Crippen LogP contribution in [0.3, 0.4) is 0 Å². The molecule has 110 valence electrons. The number of hydrogen-bond acceptors (Lipinski definition) is 2. The van der Waals surface area contributed by atoms with Crippen molar-refractivity contribution in [2.75, 3.05) is 20.2 Å². The van der Waals surface area contributed by atoms with Gasteiger partial charge in [-0.05, 0) is 82.2 Å². The zero-order valence-corrected chi connectivity index (χ0v) is 12.8. The lowest BCUT2D eigenvalue weighted by molar-refractivity contribution is -0.155. The first kappa shape index (κ1) is 13.9. The molecule has 3 aliphatic rings. The maximum Gasteiger partial charge on any atom is 0.0685 e. The smallest absolute Gasteiger partial charge is 0.0685 e. The van der Waals surface area contributed by atoms with Gasteiger partial charge in [-0.25, -0.2) is 0 Å². The summed E-state index contributed by atoms with van der Waals surface area (Å²) in [5.74, 6) is 3.76. The first-order chi connectivity index (χ1) is 9.22. The first-order valence-electron chi connectivity index (χ1n) is 8.51. The second-order valence-electron chi connectivity index (χ2n) is 7.54. The number of rotatable bonds is 3. The standard InChI is InChI=1S/C17H31NO/c1-13-4-5-15(12-18-2)16(10-13)14-6-9-19-17(11-14)7-3-8-17/h13-16,18H,3-12H2,1-2H3. The molecule has 1 heterocycles. The van der Waals surface area contributed by atoms with Crippen molar-refractivity contribution in [3.8, 4) is 0 Å². The van der Waals surface area contributed by atoms with Gasteiger partial charge in [-0.2, -0.15) is 0 Å². The summed E-state index contributed by atoms with van der Waals surface area (Å²) >= 11 is 0. The van der Waals surface area contributed by atoms with Gasteiger partial charge in [0.25, 0.3) is 0 Å². The van der Waals surface area contributed by atoms with Crippen molar-refractivity contribution in [1.82, 2.24) is 5.32 Å². The van der Waals surface area contributed by atoms with E-state index in [-0.39, 0.29) is 0 Å². The van der Waals surface area contributed by atoms with Crippen LogP contribution in [-0.2, 0) is 4.74 Å². The van der Waals surface area contributed by atoms with Gasteiger partial charge in [-0.15, -0.1) is 0 Å². The molecular weight excluding hydrogens is 234 g/mol. The second kappa shape index (κ2) is 5.73. The van der Waals surface area contributed by atoms with Gasteiger partial charge in [-0.3, -0.25) is 0 Å². The Morgan fingerprint density at radius 1 is 1.21 bits per heavy atom. The van der Waals surface area contributed by atoms with Crippen LogP contribution in [0.5, 0.6) is 0 Å². The van der Waals surface area contributed by atoms with Crippen molar-refractivity contribution in [3.63, 3.8) is 0 Å². The Labute approximate surface area is 118 Å². The minimum atomic E-state index is 0.327. The minimum Gasteiger partial charge on any atom is -0.375 e. The molecule has 2 heteroatoms. The van der Waals surface area contributed by atoms with Crippen molar-refractivity contribution >= 4 is 0 Å². The van der Waals surface area contributed by atoms with Gasteiger partial charge in [0.15, 0.2) is 0 Å². The van der Waals surface area contributed by atoms with Crippen LogP contribution in [0.2, 0.25) is 0 Å².